The zero-order valence-electron chi connectivity index (χ0n) is 9.18. The topological polar surface area (TPSA) is 40.9 Å². The molecule has 2 aliphatic rings. The summed E-state index contributed by atoms with van der Waals surface area (Å²) in [5, 5.41) is 8.88. The van der Waals surface area contributed by atoms with Crippen molar-refractivity contribution in [2.45, 2.75) is 46.5 Å². The maximum Gasteiger partial charge on any atom is 0.139 e. The van der Waals surface area contributed by atoms with Crippen LogP contribution in [0, 0.1) is 27.6 Å². The van der Waals surface area contributed by atoms with Crippen molar-refractivity contribution in [3.05, 3.63) is 0 Å². The Hall–Kier alpha value is -0.840. The third kappa shape index (κ3) is 0.751. The van der Waals surface area contributed by atoms with E-state index in [0.717, 1.165) is 12.8 Å². The fourth-order valence-electron chi connectivity index (χ4n) is 3.52. The minimum absolute atomic E-state index is 0.00676. The van der Waals surface area contributed by atoms with Crippen molar-refractivity contribution in [2.75, 3.05) is 0 Å². The average Bonchev–Trinajstić information content (AvgIpc) is 2.35. The Balaban J connectivity index is 2.50. The molecule has 14 heavy (non-hydrogen) atoms. The van der Waals surface area contributed by atoms with Crippen LogP contribution in [0.4, 0.5) is 0 Å². The number of carbonyl (C=O) groups is 1. The molecule has 2 bridgehead atoms. The highest BCUT2D eigenvalue weighted by molar-refractivity contribution is 5.90. The molecule has 0 aromatic rings. The molecule has 2 nitrogen and oxygen atoms in total. The smallest absolute Gasteiger partial charge is 0.139 e. The molecule has 2 saturated carbocycles. The van der Waals surface area contributed by atoms with Crippen molar-refractivity contribution in [2.24, 2.45) is 16.2 Å². The molecule has 2 atom stereocenters. The van der Waals surface area contributed by atoms with Gasteiger partial charge in [-0.25, -0.2) is 0 Å². The van der Waals surface area contributed by atoms with E-state index in [1.807, 2.05) is 0 Å². The molecule has 0 N–H and O–H groups in total. The van der Waals surface area contributed by atoms with Crippen LogP contribution in [0.15, 0.2) is 0 Å². The highest BCUT2D eigenvalue weighted by atomic mass is 16.1. The lowest BCUT2D eigenvalue weighted by Crippen LogP contribution is -2.35. The zero-order chi connectivity index (χ0) is 10.6. The van der Waals surface area contributed by atoms with E-state index in [9.17, 15) is 4.79 Å². The molecule has 2 fully saturated rings. The third-order valence-corrected chi connectivity index (χ3v) is 5.34. The maximum atomic E-state index is 11.9. The highest BCUT2D eigenvalue weighted by Gasteiger charge is 2.69. The second-order valence-electron chi connectivity index (χ2n) is 5.67. The monoisotopic (exact) mass is 191 g/mol. The summed E-state index contributed by atoms with van der Waals surface area (Å²) in [4.78, 5) is 11.9. The second kappa shape index (κ2) is 2.39. The van der Waals surface area contributed by atoms with E-state index in [1.54, 1.807) is 0 Å². The average molecular weight is 191 g/mol. The predicted octanol–water partition coefficient (Wildman–Crippen LogP) is 2.69. The molecule has 0 amide bonds. The standard InChI is InChI=1S/C12H17NO/c1-10(2)11(3)4-5-12(10,6-7-13)8-9(11)14/h4-6,8H2,1-3H3/t11-,12-/m0/s1. The minimum atomic E-state index is -0.163. The van der Waals surface area contributed by atoms with Gasteiger partial charge in [0, 0.05) is 18.3 Å². The van der Waals surface area contributed by atoms with Crippen molar-refractivity contribution in [1.29, 1.82) is 5.26 Å². The van der Waals surface area contributed by atoms with E-state index in [1.165, 1.54) is 0 Å². The van der Waals surface area contributed by atoms with Gasteiger partial charge in [0.2, 0.25) is 0 Å². The third-order valence-electron chi connectivity index (χ3n) is 5.34. The fourth-order valence-corrected chi connectivity index (χ4v) is 3.52. The van der Waals surface area contributed by atoms with E-state index < -0.39 is 0 Å². The van der Waals surface area contributed by atoms with Crippen molar-refractivity contribution in [3.63, 3.8) is 0 Å². The number of rotatable bonds is 1. The molecular formula is C12H17NO. The largest absolute Gasteiger partial charge is 0.299 e. The Morgan fingerprint density at radius 2 is 2.00 bits per heavy atom. The van der Waals surface area contributed by atoms with Gasteiger partial charge in [-0.3, -0.25) is 4.79 Å². The number of nitriles is 1. The molecule has 0 radical (unpaired) electrons. The summed E-state index contributed by atoms with van der Waals surface area (Å²) < 4.78 is 0. The summed E-state index contributed by atoms with van der Waals surface area (Å²) in [6.45, 7) is 6.42. The molecule has 0 saturated heterocycles. The fraction of sp³-hybridized carbons (Fsp3) is 0.833. The first-order chi connectivity index (χ1) is 6.40. The van der Waals surface area contributed by atoms with Gasteiger partial charge in [-0.15, -0.1) is 0 Å². The summed E-state index contributed by atoms with van der Waals surface area (Å²) in [7, 11) is 0. The molecule has 0 heterocycles. The molecule has 2 aliphatic carbocycles. The van der Waals surface area contributed by atoms with E-state index in [2.05, 4.69) is 26.8 Å². The number of nitrogens with zero attached hydrogens (tertiary/aromatic N) is 1. The zero-order valence-corrected chi connectivity index (χ0v) is 9.18. The SMILES string of the molecule is CC1(C)[C@]2(CC#N)CC[C@@]1(C)C(=O)C2. The van der Waals surface area contributed by atoms with Gasteiger partial charge in [0.15, 0.2) is 0 Å². The van der Waals surface area contributed by atoms with Gasteiger partial charge in [0.25, 0.3) is 0 Å². The van der Waals surface area contributed by atoms with E-state index in [-0.39, 0.29) is 16.2 Å². The molecule has 0 unspecified atom stereocenters. The Morgan fingerprint density at radius 1 is 1.36 bits per heavy atom. The molecule has 76 valence electrons. The van der Waals surface area contributed by atoms with Gasteiger partial charge in [-0.05, 0) is 23.7 Å². The van der Waals surface area contributed by atoms with Crippen LogP contribution >= 0.6 is 0 Å². The first-order valence-corrected chi connectivity index (χ1v) is 5.30. The minimum Gasteiger partial charge on any atom is -0.299 e. The van der Waals surface area contributed by atoms with E-state index in [0.29, 0.717) is 18.6 Å². The molecule has 0 aromatic carbocycles. The van der Waals surface area contributed by atoms with Crippen LogP contribution in [0.1, 0.15) is 46.5 Å². The van der Waals surface area contributed by atoms with Crippen LogP contribution in [0.2, 0.25) is 0 Å². The molecular weight excluding hydrogens is 174 g/mol. The van der Waals surface area contributed by atoms with Crippen molar-refractivity contribution in [1.82, 2.24) is 0 Å². The molecule has 2 heteroatoms. The summed E-state index contributed by atoms with van der Waals surface area (Å²) >= 11 is 0. The molecule has 2 rings (SSSR count). The Labute approximate surface area is 85.3 Å². The van der Waals surface area contributed by atoms with Gasteiger partial charge in [-0.1, -0.05) is 20.8 Å². The number of hydrogen-bond acceptors (Lipinski definition) is 2. The number of carbonyl (C=O) groups excluding carboxylic acids is 1. The van der Waals surface area contributed by atoms with Crippen LogP contribution in [-0.4, -0.2) is 5.78 Å². The predicted molar refractivity (Wildman–Crippen MR) is 53.4 cm³/mol. The number of fused-ring (bicyclic) bond motifs is 2. The lowest BCUT2D eigenvalue weighted by atomic mass is 9.64. The second-order valence-corrected chi connectivity index (χ2v) is 5.67. The van der Waals surface area contributed by atoms with Gasteiger partial charge >= 0.3 is 0 Å². The maximum absolute atomic E-state index is 11.9. The lowest BCUT2D eigenvalue weighted by Gasteiger charge is -2.38. The normalized spacial score (nSPS) is 44.0. The number of ketones is 1. The van der Waals surface area contributed by atoms with E-state index in [4.69, 9.17) is 5.26 Å². The quantitative estimate of drug-likeness (QED) is 0.639. The molecule has 0 spiro atoms. The molecule has 0 aliphatic heterocycles. The first-order valence-electron chi connectivity index (χ1n) is 5.30. The number of hydrogen-bond donors (Lipinski definition) is 0. The van der Waals surface area contributed by atoms with Crippen LogP contribution < -0.4 is 0 Å². The van der Waals surface area contributed by atoms with Crippen molar-refractivity contribution < 1.29 is 4.79 Å². The highest BCUT2D eigenvalue weighted by Crippen LogP contribution is 2.71. The Bertz CT molecular complexity index is 339. The van der Waals surface area contributed by atoms with Crippen molar-refractivity contribution in [3.8, 4) is 6.07 Å². The lowest BCUT2D eigenvalue weighted by molar-refractivity contribution is -0.128. The summed E-state index contributed by atoms with van der Waals surface area (Å²) in [5.74, 6) is 0.379. The van der Waals surface area contributed by atoms with Crippen LogP contribution in [0.3, 0.4) is 0 Å². The van der Waals surface area contributed by atoms with Gasteiger partial charge in [0.1, 0.15) is 5.78 Å². The number of Topliss-reactive ketones (excluding diaryl/α,β-unsaturated/α-hetero) is 1. The van der Waals surface area contributed by atoms with Crippen LogP contribution in [0.25, 0.3) is 0 Å². The van der Waals surface area contributed by atoms with Gasteiger partial charge < -0.3 is 0 Å². The first kappa shape index (κ1) is 9.71. The van der Waals surface area contributed by atoms with Gasteiger partial charge in [-0.2, -0.15) is 5.26 Å². The van der Waals surface area contributed by atoms with Crippen LogP contribution in [-0.2, 0) is 4.79 Å². The Kier molecular flexibility index (Phi) is 1.66. The Morgan fingerprint density at radius 3 is 2.36 bits per heavy atom. The van der Waals surface area contributed by atoms with Crippen LogP contribution in [0.5, 0.6) is 0 Å². The molecule has 0 aromatic heterocycles. The summed E-state index contributed by atoms with van der Waals surface area (Å²) in [6, 6.07) is 2.27. The summed E-state index contributed by atoms with van der Waals surface area (Å²) in [5.41, 5.74) is -0.176. The summed E-state index contributed by atoms with van der Waals surface area (Å²) in [6.07, 6.45) is 3.20. The van der Waals surface area contributed by atoms with Gasteiger partial charge in [0.05, 0.1) is 6.07 Å². The van der Waals surface area contributed by atoms with E-state index >= 15 is 0 Å². The van der Waals surface area contributed by atoms with Crippen molar-refractivity contribution >= 4 is 5.78 Å².